The molecule has 25 heavy (non-hydrogen) atoms. The maximum absolute atomic E-state index is 12.2. The predicted octanol–water partition coefficient (Wildman–Crippen LogP) is 0.454. The largest absolute Gasteiger partial charge is 0.394 e. The zero-order valence-corrected chi connectivity index (χ0v) is 13.8. The summed E-state index contributed by atoms with van der Waals surface area (Å²) >= 11 is 1.35. The topological polar surface area (TPSA) is 117 Å². The van der Waals surface area contributed by atoms with Crippen molar-refractivity contribution < 1.29 is 14.9 Å². The van der Waals surface area contributed by atoms with E-state index in [2.05, 4.69) is 9.97 Å². The Balaban J connectivity index is 1.79. The fourth-order valence-electron chi connectivity index (χ4n) is 2.89. The number of hydrogen-bond acceptors (Lipinski definition) is 7. The lowest BCUT2D eigenvalue weighted by atomic mass is 10.2. The van der Waals surface area contributed by atoms with Crippen molar-refractivity contribution in [3.8, 4) is 10.6 Å². The maximum Gasteiger partial charge on any atom is 0.330 e. The SMILES string of the molecule is O=c1[nH]c(=O)n([C@H]2C[C@H](O)[C@@H](CO)O2)cc1-c1nc2ccccc2s1. The van der Waals surface area contributed by atoms with Gasteiger partial charge in [0.25, 0.3) is 5.56 Å². The van der Waals surface area contributed by atoms with Crippen LogP contribution in [0.5, 0.6) is 0 Å². The van der Waals surface area contributed by atoms with Gasteiger partial charge in [0.15, 0.2) is 0 Å². The minimum absolute atomic E-state index is 0.149. The third-order valence-corrected chi connectivity index (χ3v) is 5.26. The number of nitrogens with zero attached hydrogens (tertiary/aromatic N) is 2. The number of nitrogens with one attached hydrogen (secondary N) is 1. The molecule has 1 aliphatic rings. The quantitative estimate of drug-likeness (QED) is 0.624. The lowest BCUT2D eigenvalue weighted by Gasteiger charge is -2.14. The number of rotatable bonds is 3. The highest BCUT2D eigenvalue weighted by molar-refractivity contribution is 7.21. The van der Waals surface area contributed by atoms with Gasteiger partial charge in [0, 0.05) is 12.6 Å². The lowest BCUT2D eigenvalue weighted by molar-refractivity contribution is -0.0458. The van der Waals surface area contributed by atoms with Gasteiger partial charge < -0.3 is 14.9 Å². The van der Waals surface area contributed by atoms with Crippen LogP contribution in [0.2, 0.25) is 0 Å². The van der Waals surface area contributed by atoms with E-state index in [1.165, 1.54) is 22.1 Å². The van der Waals surface area contributed by atoms with Crippen LogP contribution in [0.25, 0.3) is 20.8 Å². The van der Waals surface area contributed by atoms with Gasteiger partial charge >= 0.3 is 5.69 Å². The number of aliphatic hydroxyl groups excluding tert-OH is 2. The minimum Gasteiger partial charge on any atom is -0.394 e. The van der Waals surface area contributed by atoms with Crippen molar-refractivity contribution in [2.45, 2.75) is 24.9 Å². The van der Waals surface area contributed by atoms with Gasteiger partial charge in [0.05, 0.1) is 28.5 Å². The molecule has 130 valence electrons. The molecule has 0 radical (unpaired) electrons. The van der Waals surface area contributed by atoms with E-state index >= 15 is 0 Å². The Hall–Kier alpha value is -2.33. The minimum atomic E-state index is -0.875. The molecule has 3 N–H and O–H groups in total. The Morgan fingerprint density at radius 2 is 2.16 bits per heavy atom. The summed E-state index contributed by atoms with van der Waals surface area (Å²) in [6.07, 6.45) is -0.842. The fraction of sp³-hybridized carbons (Fsp3) is 0.312. The summed E-state index contributed by atoms with van der Waals surface area (Å²) in [5, 5.41) is 19.5. The third kappa shape index (κ3) is 2.81. The highest BCUT2D eigenvalue weighted by Crippen LogP contribution is 2.30. The van der Waals surface area contributed by atoms with Crippen LogP contribution >= 0.6 is 11.3 Å². The Labute approximate surface area is 145 Å². The molecule has 0 unspecified atom stereocenters. The number of aromatic amines is 1. The van der Waals surface area contributed by atoms with Gasteiger partial charge in [-0.15, -0.1) is 11.3 Å². The normalized spacial score (nSPS) is 23.4. The molecule has 0 amide bonds. The number of ether oxygens (including phenoxy) is 1. The molecule has 0 saturated carbocycles. The zero-order chi connectivity index (χ0) is 17.6. The number of thiazole rings is 1. The molecule has 3 atom stereocenters. The van der Waals surface area contributed by atoms with Gasteiger partial charge in [-0.1, -0.05) is 12.1 Å². The van der Waals surface area contributed by atoms with Crippen molar-refractivity contribution >= 4 is 21.6 Å². The molecule has 1 aromatic carbocycles. The molecule has 3 aromatic rings. The van der Waals surface area contributed by atoms with Gasteiger partial charge in [0.1, 0.15) is 17.3 Å². The molecule has 1 aliphatic heterocycles. The van der Waals surface area contributed by atoms with E-state index in [0.29, 0.717) is 5.01 Å². The monoisotopic (exact) mass is 361 g/mol. The second-order valence-corrected chi connectivity index (χ2v) is 6.84. The summed E-state index contributed by atoms with van der Waals surface area (Å²) < 4.78 is 7.66. The Bertz CT molecular complexity index is 1010. The second-order valence-electron chi connectivity index (χ2n) is 5.81. The van der Waals surface area contributed by atoms with E-state index in [4.69, 9.17) is 4.74 Å². The molecule has 3 heterocycles. The van der Waals surface area contributed by atoms with Crippen LogP contribution in [0.3, 0.4) is 0 Å². The smallest absolute Gasteiger partial charge is 0.330 e. The Morgan fingerprint density at radius 3 is 2.88 bits per heavy atom. The predicted molar refractivity (Wildman–Crippen MR) is 91.6 cm³/mol. The number of hydrogen-bond donors (Lipinski definition) is 3. The van der Waals surface area contributed by atoms with E-state index in [-0.39, 0.29) is 18.6 Å². The van der Waals surface area contributed by atoms with Crippen LogP contribution in [-0.4, -0.2) is 43.6 Å². The summed E-state index contributed by atoms with van der Waals surface area (Å²) in [4.78, 5) is 31.1. The third-order valence-electron chi connectivity index (χ3n) is 4.19. The Kier molecular flexibility index (Phi) is 4.00. The first-order valence-corrected chi connectivity index (χ1v) is 8.54. The van der Waals surface area contributed by atoms with Gasteiger partial charge in [-0.2, -0.15) is 0 Å². The Morgan fingerprint density at radius 1 is 1.36 bits per heavy atom. The average Bonchev–Trinajstić information content (AvgIpc) is 3.18. The summed E-state index contributed by atoms with van der Waals surface area (Å²) in [6, 6.07) is 7.50. The first kappa shape index (κ1) is 16.2. The van der Waals surface area contributed by atoms with Crippen molar-refractivity contribution in [1.29, 1.82) is 0 Å². The maximum atomic E-state index is 12.2. The molecule has 0 bridgehead atoms. The van der Waals surface area contributed by atoms with Gasteiger partial charge in [-0.3, -0.25) is 14.3 Å². The summed E-state index contributed by atoms with van der Waals surface area (Å²) in [7, 11) is 0. The molecule has 1 fully saturated rings. The first-order valence-electron chi connectivity index (χ1n) is 7.72. The average molecular weight is 361 g/mol. The van der Waals surface area contributed by atoms with Crippen LogP contribution in [0.1, 0.15) is 12.6 Å². The van der Waals surface area contributed by atoms with Crippen molar-refractivity contribution in [3.63, 3.8) is 0 Å². The van der Waals surface area contributed by atoms with Crippen LogP contribution in [0, 0.1) is 0 Å². The summed E-state index contributed by atoms with van der Waals surface area (Å²) in [5.74, 6) is 0. The van der Waals surface area contributed by atoms with E-state index in [1.54, 1.807) is 0 Å². The highest BCUT2D eigenvalue weighted by Gasteiger charge is 2.35. The second kappa shape index (κ2) is 6.19. The highest BCUT2D eigenvalue weighted by atomic mass is 32.1. The number of fused-ring (bicyclic) bond motifs is 1. The number of H-pyrrole nitrogens is 1. The molecule has 8 nitrogen and oxygen atoms in total. The molecule has 4 rings (SSSR count). The van der Waals surface area contributed by atoms with E-state index in [9.17, 15) is 19.8 Å². The van der Waals surface area contributed by atoms with Crippen LogP contribution < -0.4 is 11.2 Å². The van der Waals surface area contributed by atoms with Crippen LogP contribution in [-0.2, 0) is 4.74 Å². The number of para-hydroxylation sites is 1. The summed E-state index contributed by atoms with van der Waals surface area (Å²) in [6.45, 7) is -0.347. The standard InChI is InChI=1S/C16H15N3O5S/c20-7-11-10(21)5-13(24-11)19-6-8(14(22)18-16(19)23)15-17-9-3-1-2-4-12(9)25-15/h1-4,6,10-11,13,20-21H,5,7H2,(H,18,22,23)/t10-,11+,13+/m0/s1. The van der Waals surface area contributed by atoms with Gasteiger partial charge in [-0.05, 0) is 12.1 Å². The number of aromatic nitrogens is 3. The zero-order valence-electron chi connectivity index (χ0n) is 13.0. The van der Waals surface area contributed by atoms with Crippen molar-refractivity contribution in [2.75, 3.05) is 6.61 Å². The van der Waals surface area contributed by atoms with Crippen molar-refractivity contribution in [1.82, 2.24) is 14.5 Å². The van der Waals surface area contributed by atoms with Gasteiger partial charge in [-0.25, -0.2) is 9.78 Å². The van der Waals surface area contributed by atoms with E-state index in [0.717, 1.165) is 10.2 Å². The molecule has 1 saturated heterocycles. The number of benzene rings is 1. The molecule has 0 spiro atoms. The van der Waals surface area contributed by atoms with Crippen molar-refractivity contribution in [2.24, 2.45) is 0 Å². The fourth-order valence-corrected chi connectivity index (χ4v) is 3.86. The molecule has 9 heteroatoms. The van der Waals surface area contributed by atoms with Crippen molar-refractivity contribution in [3.05, 3.63) is 51.3 Å². The lowest BCUT2D eigenvalue weighted by Crippen LogP contribution is -2.33. The molecule has 0 aliphatic carbocycles. The van der Waals surface area contributed by atoms with Gasteiger partial charge in [0.2, 0.25) is 0 Å². The molecular weight excluding hydrogens is 346 g/mol. The molecule has 2 aromatic heterocycles. The van der Waals surface area contributed by atoms with E-state index < -0.39 is 29.7 Å². The van der Waals surface area contributed by atoms with E-state index in [1.807, 2.05) is 24.3 Å². The summed E-state index contributed by atoms with van der Waals surface area (Å²) in [5.41, 5.74) is -0.137. The first-order chi connectivity index (χ1) is 12.1. The molecular formula is C16H15N3O5S. The number of aliphatic hydroxyl groups is 2. The van der Waals surface area contributed by atoms with Crippen LogP contribution in [0.15, 0.2) is 40.1 Å². The van der Waals surface area contributed by atoms with Crippen LogP contribution in [0.4, 0.5) is 0 Å².